The number of halogens is 1. The molecule has 2 aromatic carbocycles. The van der Waals surface area contributed by atoms with Gasteiger partial charge in [-0.3, -0.25) is 0 Å². The zero-order chi connectivity index (χ0) is 20.4. The topological polar surface area (TPSA) is 87.5 Å². The highest BCUT2D eigenvalue weighted by Crippen LogP contribution is 2.26. The lowest BCUT2D eigenvalue weighted by Crippen LogP contribution is -2.42. The van der Waals surface area contributed by atoms with E-state index in [1.165, 1.54) is 0 Å². The van der Waals surface area contributed by atoms with Crippen molar-refractivity contribution in [2.45, 2.75) is 19.5 Å². The Morgan fingerprint density at radius 3 is 2.52 bits per heavy atom. The van der Waals surface area contributed by atoms with Gasteiger partial charge in [-0.05, 0) is 29.8 Å². The third-order valence-electron chi connectivity index (χ3n) is 4.90. The predicted octanol–water partition coefficient (Wildman–Crippen LogP) is 3.60. The standard InChI is InChI=1S/C21H19BrN4O3/c22-15-6-8-16(9-7-15)26-18-10-11-25(13-17(18)19(24-26)20(27)28)21(29)23-12-14-4-2-1-3-5-14/h1-9H,10-13H2,(H,23,29)(H,27,28). The molecule has 0 saturated carbocycles. The molecule has 2 N–H and O–H groups in total. The van der Waals surface area contributed by atoms with Crippen LogP contribution in [0.2, 0.25) is 0 Å². The quantitative estimate of drug-likeness (QED) is 0.630. The van der Waals surface area contributed by atoms with Crippen molar-refractivity contribution < 1.29 is 14.7 Å². The van der Waals surface area contributed by atoms with Crippen molar-refractivity contribution in [3.05, 3.63) is 81.6 Å². The van der Waals surface area contributed by atoms with Gasteiger partial charge in [-0.2, -0.15) is 5.10 Å². The molecule has 8 heteroatoms. The van der Waals surface area contributed by atoms with Crippen LogP contribution < -0.4 is 5.32 Å². The zero-order valence-corrected chi connectivity index (χ0v) is 17.1. The molecule has 2 heterocycles. The van der Waals surface area contributed by atoms with Gasteiger partial charge >= 0.3 is 12.0 Å². The minimum Gasteiger partial charge on any atom is -0.476 e. The summed E-state index contributed by atoms with van der Waals surface area (Å²) in [6.07, 6.45) is 0.532. The Morgan fingerprint density at radius 2 is 1.83 bits per heavy atom. The monoisotopic (exact) mass is 454 g/mol. The maximum atomic E-state index is 12.6. The van der Waals surface area contributed by atoms with Crippen LogP contribution in [0, 0.1) is 0 Å². The van der Waals surface area contributed by atoms with Crippen molar-refractivity contribution in [1.82, 2.24) is 20.0 Å². The van der Waals surface area contributed by atoms with Gasteiger partial charge in [0.25, 0.3) is 0 Å². The van der Waals surface area contributed by atoms with E-state index >= 15 is 0 Å². The van der Waals surface area contributed by atoms with Crippen LogP contribution in [0.1, 0.15) is 27.3 Å². The first-order chi connectivity index (χ1) is 14.0. The van der Waals surface area contributed by atoms with E-state index in [2.05, 4.69) is 26.3 Å². The molecule has 1 aliphatic heterocycles. The lowest BCUT2D eigenvalue weighted by Gasteiger charge is -2.28. The highest BCUT2D eigenvalue weighted by Gasteiger charge is 2.30. The van der Waals surface area contributed by atoms with Crippen LogP contribution in [-0.2, 0) is 19.5 Å². The number of carbonyl (C=O) groups excluding carboxylic acids is 1. The first-order valence-electron chi connectivity index (χ1n) is 9.19. The average Bonchev–Trinajstić information content (AvgIpc) is 3.12. The first-order valence-corrected chi connectivity index (χ1v) is 9.99. The molecule has 2 amide bonds. The zero-order valence-electron chi connectivity index (χ0n) is 15.5. The highest BCUT2D eigenvalue weighted by molar-refractivity contribution is 9.10. The number of carboxylic acid groups (broad SMARTS) is 1. The van der Waals surface area contributed by atoms with Crippen LogP contribution in [0.4, 0.5) is 4.79 Å². The van der Waals surface area contributed by atoms with Gasteiger partial charge in [-0.15, -0.1) is 0 Å². The van der Waals surface area contributed by atoms with Crippen LogP contribution in [0.25, 0.3) is 5.69 Å². The van der Waals surface area contributed by atoms with Gasteiger partial charge in [0.2, 0.25) is 0 Å². The normalized spacial score (nSPS) is 13.1. The molecule has 3 aromatic rings. The molecule has 0 saturated heterocycles. The van der Waals surface area contributed by atoms with E-state index in [9.17, 15) is 14.7 Å². The Kier molecular flexibility index (Phi) is 5.35. The van der Waals surface area contributed by atoms with Gasteiger partial charge in [-0.25, -0.2) is 14.3 Å². The molecule has 1 aliphatic rings. The van der Waals surface area contributed by atoms with Crippen LogP contribution >= 0.6 is 15.9 Å². The summed E-state index contributed by atoms with van der Waals surface area (Å²) >= 11 is 3.40. The number of amides is 2. The number of carboxylic acids is 1. The lowest BCUT2D eigenvalue weighted by molar-refractivity contribution is 0.0687. The minimum atomic E-state index is -1.09. The number of hydrogen-bond donors (Lipinski definition) is 2. The summed E-state index contributed by atoms with van der Waals surface area (Å²) in [6.45, 7) is 1.13. The Hall–Kier alpha value is -3.13. The van der Waals surface area contributed by atoms with Crippen molar-refractivity contribution in [2.24, 2.45) is 0 Å². The largest absolute Gasteiger partial charge is 0.476 e. The summed E-state index contributed by atoms with van der Waals surface area (Å²) in [7, 11) is 0. The number of benzene rings is 2. The predicted molar refractivity (Wildman–Crippen MR) is 111 cm³/mol. The van der Waals surface area contributed by atoms with E-state index in [4.69, 9.17) is 0 Å². The fourth-order valence-corrected chi connectivity index (χ4v) is 3.71. The van der Waals surface area contributed by atoms with Crippen LogP contribution in [0.15, 0.2) is 59.1 Å². The molecule has 7 nitrogen and oxygen atoms in total. The van der Waals surface area contributed by atoms with Crippen molar-refractivity contribution in [3.63, 3.8) is 0 Å². The van der Waals surface area contributed by atoms with Crippen LogP contribution in [-0.4, -0.2) is 38.3 Å². The highest BCUT2D eigenvalue weighted by atomic mass is 79.9. The van der Waals surface area contributed by atoms with E-state index < -0.39 is 5.97 Å². The van der Waals surface area contributed by atoms with Crippen LogP contribution in [0.5, 0.6) is 0 Å². The molecule has 29 heavy (non-hydrogen) atoms. The summed E-state index contributed by atoms with van der Waals surface area (Å²) < 4.78 is 2.60. The number of aromatic nitrogens is 2. The number of hydrogen-bond acceptors (Lipinski definition) is 3. The number of aromatic carboxylic acids is 1. The molecule has 0 aliphatic carbocycles. The smallest absolute Gasteiger partial charge is 0.356 e. The number of carbonyl (C=O) groups is 2. The third kappa shape index (κ3) is 4.02. The Morgan fingerprint density at radius 1 is 1.10 bits per heavy atom. The molecule has 4 rings (SSSR count). The second-order valence-corrected chi connectivity index (χ2v) is 7.70. The summed E-state index contributed by atoms with van der Waals surface area (Å²) in [6, 6.07) is 17.0. The molecule has 0 bridgehead atoms. The molecule has 0 fully saturated rings. The molecule has 1 aromatic heterocycles. The fraction of sp³-hybridized carbons (Fsp3) is 0.190. The van der Waals surface area contributed by atoms with Crippen molar-refractivity contribution in [2.75, 3.05) is 6.54 Å². The second kappa shape index (κ2) is 8.08. The van der Waals surface area contributed by atoms with Gasteiger partial charge in [-0.1, -0.05) is 46.3 Å². The second-order valence-electron chi connectivity index (χ2n) is 6.78. The summed E-state index contributed by atoms with van der Waals surface area (Å²) in [5.41, 5.74) is 3.20. The fourth-order valence-electron chi connectivity index (χ4n) is 3.45. The van der Waals surface area contributed by atoms with E-state index in [0.29, 0.717) is 25.1 Å². The SMILES string of the molecule is O=C(O)c1nn(-c2ccc(Br)cc2)c2c1CN(C(=O)NCc1ccccc1)CC2. The van der Waals surface area contributed by atoms with Crippen molar-refractivity contribution in [1.29, 1.82) is 0 Å². The van der Waals surface area contributed by atoms with Gasteiger partial charge in [0, 0.05) is 29.5 Å². The number of nitrogens with zero attached hydrogens (tertiary/aromatic N) is 3. The maximum absolute atomic E-state index is 12.6. The summed E-state index contributed by atoms with van der Waals surface area (Å²) in [5.74, 6) is -1.09. The minimum absolute atomic E-state index is 0.0107. The van der Waals surface area contributed by atoms with Gasteiger partial charge < -0.3 is 15.3 Å². The first kappa shape index (κ1) is 19.2. The average molecular weight is 455 g/mol. The van der Waals surface area contributed by atoms with E-state index in [0.717, 1.165) is 21.4 Å². The van der Waals surface area contributed by atoms with Crippen LogP contribution in [0.3, 0.4) is 0 Å². The molecule has 0 radical (unpaired) electrons. The molecule has 0 unspecified atom stereocenters. The number of nitrogens with one attached hydrogen (secondary N) is 1. The molecule has 148 valence electrons. The van der Waals surface area contributed by atoms with Gasteiger partial charge in [0.1, 0.15) is 0 Å². The lowest BCUT2D eigenvalue weighted by atomic mass is 10.1. The Labute approximate surface area is 176 Å². The third-order valence-corrected chi connectivity index (χ3v) is 5.43. The molecule has 0 spiro atoms. The van der Waals surface area contributed by atoms with Gasteiger partial charge in [0.15, 0.2) is 5.69 Å². The summed E-state index contributed by atoms with van der Waals surface area (Å²) in [5, 5.41) is 16.8. The maximum Gasteiger partial charge on any atom is 0.356 e. The van der Waals surface area contributed by atoms with Crippen molar-refractivity contribution >= 4 is 27.9 Å². The number of rotatable bonds is 4. The Bertz CT molecular complexity index is 1050. The number of fused-ring (bicyclic) bond motifs is 1. The number of urea groups is 1. The van der Waals surface area contributed by atoms with E-state index in [-0.39, 0.29) is 18.3 Å². The molecular weight excluding hydrogens is 436 g/mol. The molecule has 0 atom stereocenters. The van der Waals surface area contributed by atoms with E-state index in [1.54, 1.807) is 9.58 Å². The summed E-state index contributed by atoms with van der Waals surface area (Å²) in [4.78, 5) is 26.0. The molecular formula is C21H19BrN4O3. The van der Waals surface area contributed by atoms with Gasteiger partial charge in [0.05, 0.1) is 17.9 Å². The Balaban J connectivity index is 1.56. The van der Waals surface area contributed by atoms with Crippen molar-refractivity contribution in [3.8, 4) is 5.69 Å². The van der Waals surface area contributed by atoms with E-state index in [1.807, 2.05) is 54.6 Å².